The molecule has 1 aliphatic rings. The highest BCUT2D eigenvalue weighted by atomic mass is 16.5. The van der Waals surface area contributed by atoms with Crippen LogP contribution in [0.25, 0.3) is 5.76 Å². The van der Waals surface area contributed by atoms with Crippen LogP contribution in [-0.4, -0.2) is 32.4 Å². The lowest BCUT2D eigenvalue weighted by Gasteiger charge is -2.26. The van der Waals surface area contributed by atoms with Crippen molar-refractivity contribution < 1.29 is 24.5 Å². The number of ether oxygens (including phenoxy) is 1. The van der Waals surface area contributed by atoms with Crippen LogP contribution >= 0.6 is 0 Å². The number of hydrogen-bond donors (Lipinski definition) is 2. The fraction of sp³-hybridized carbons (Fsp3) is 0.333. The summed E-state index contributed by atoms with van der Waals surface area (Å²) in [6, 6.07) is 18.8. The van der Waals surface area contributed by atoms with E-state index >= 15 is 0 Å². The van der Waals surface area contributed by atoms with Crippen molar-refractivity contribution in [3.63, 3.8) is 0 Å². The smallest absolute Gasteiger partial charge is 0.295 e. The number of phenolic OH excluding ortho intramolecular Hbond substituents is 1. The molecular formula is C33H37NO5. The summed E-state index contributed by atoms with van der Waals surface area (Å²) < 4.78 is 5.91. The number of Topliss-reactive ketones (excluding diaryl/α,β-unsaturated/α-hetero) is 1. The van der Waals surface area contributed by atoms with Gasteiger partial charge in [-0.15, -0.1) is 0 Å². The number of likely N-dealkylation sites (tertiary alicyclic amines) is 1. The molecule has 0 radical (unpaired) electrons. The molecular weight excluding hydrogens is 490 g/mol. The SMILES string of the molecule is Cc1ccc(C(C)(C)C)cc1/C(O)=C1\C(=O)C(=O)N(Cc2ccc(OC(C)(C)C)cc2)C1c1ccc(O)cc1. The second-order valence-corrected chi connectivity index (χ2v) is 12.2. The van der Waals surface area contributed by atoms with Gasteiger partial charge in [-0.05, 0) is 85.7 Å². The molecule has 0 bridgehead atoms. The van der Waals surface area contributed by atoms with E-state index in [-0.39, 0.29) is 34.6 Å². The molecule has 1 saturated heterocycles. The first-order chi connectivity index (χ1) is 18.2. The van der Waals surface area contributed by atoms with E-state index in [4.69, 9.17) is 4.74 Å². The van der Waals surface area contributed by atoms with E-state index in [9.17, 15) is 19.8 Å². The minimum atomic E-state index is -0.825. The number of rotatable bonds is 5. The first-order valence-electron chi connectivity index (χ1n) is 13.1. The largest absolute Gasteiger partial charge is 0.508 e. The highest BCUT2D eigenvalue weighted by Crippen LogP contribution is 2.41. The molecule has 1 aliphatic heterocycles. The number of aryl methyl sites for hydroxylation is 1. The third-order valence-corrected chi connectivity index (χ3v) is 6.81. The first-order valence-corrected chi connectivity index (χ1v) is 13.1. The lowest BCUT2D eigenvalue weighted by Crippen LogP contribution is -2.29. The molecule has 1 heterocycles. The van der Waals surface area contributed by atoms with Crippen molar-refractivity contribution in [3.8, 4) is 11.5 Å². The highest BCUT2D eigenvalue weighted by molar-refractivity contribution is 6.46. The van der Waals surface area contributed by atoms with Gasteiger partial charge in [0.15, 0.2) is 0 Å². The zero-order valence-electron chi connectivity index (χ0n) is 23.7. The van der Waals surface area contributed by atoms with Crippen LogP contribution in [0.1, 0.15) is 75.4 Å². The lowest BCUT2D eigenvalue weighted by atomic mass is 9.84. The highest BCUT2D eigenvalue weighted by Gasteiger charge is 2.46. The summed E-state index contributed by atoms with van der Waals surface area (Å²) in [4.78, 5) is 28.4. The van der Waals surface area contributed by atoms with Crippen molar-refractivity contribution in [2.75, 3.05) is 0 Å². The van der Waals surface area contributed by atoms with E-state index in [0.717, 1.165) is 16.7 Å². The number of aliphatic hydroxyl groups excluding tert-OH is 1. The molecule has 0 saturated carbocycles. The van der Waals surface area contributed by atoms with Gasteiger partial charge in [0, 0.05) is 12.1 Å². The second kappa shape index (κ2) is 10.3. The Labute approximate surface area is 230 Å². The predicted octanol–water partition coefficient (Wildman–Crippen LogP) is 6.80. The molecule has 0 aliphatic carbocycles. The Morgan fingerprint density at radius 1 is 0.897 bits per heavy atom. The molecule has 3 aromatic carbocycles. The number of carbonyl (C=O) groups excluding carboxylic acids is 2. The van der Waals surface area contributed by atoms with Gasteiger partial charge in [0.2, 0.25) is 0 Å². The number of amides is 1. The average molecular weight is 528 g/mol. The Hall–Kier alpha value is -4.06. The van der Waals surface area contributed by atoms with Crippen LogP contribution in [0, 0.1) is 6.92 Å². The molecule has 2 N–H and O–H groups in total. The van der Waals surface area contributed by atoms with Crippen LogP contribution in [0.15, 0.2) is 72.3 Å². The molecule has 1 amide bonds. The van der Waals surface area contributed by atoms with E-state index in [0.29, 0.717) is 16.9 Å². The zero-order chi connectivity index (χ0) is 28.7. The van der Waals surface area contributed by atoms with Gasteiger partial charge < -0.3 is 19.8 Å². The number of nitrogens with zero attached hydrogens (tertiary/aromatic N) is 1. The van der Waals surface area contributed by atoms with Crippen molar-refractivity contribution in [2.45, 2.75) is 72.1 Å². The standard InChI is InChI=1S/C33H37NO5/c1-20-8-13-23(32(2,3)4)18-26(20)29(36)27-28(22-11-14-24(35)15-12-22)34(31(38)30(27)37)19-21-9-16-25(17-10-21)39-33(5,6)7/h8-18,28,35-36H,19H2,1-7H3/b29-27+. The Morgan fingerprint density at radius 3 is 2.08 bits per heavy atom. The first kappa shape index (κ1) is 28.0. The minimum absolute atomic E-state index is 0.0348. The zero-order valence-corrected chi connectivity index (χ0v) is 23.7. The monoisotopic (exact) mass is 527 g/mol. The topological polar surface area (TPSA) is 87.1 Å². The molecule has 0 spiro atoms. The van der Waals surface area contributed by atoms with Crippen molar-refractivity contribution in [2.24, 2.45) is 0 Å². The summed E-state index contributed by atoms with van der Waals surface area (Å²) >= 11 is 0. The molecule has 6 heteroatoms. The van der Waals surface area contributed by atoms with Crippen LogP contribution in [0.3, 0.4) is 0 Å². The van der Waals surface area contributed by atoms with Gasteiger partial charge in [0.25, 0.3) is 11.7 Å². The molecule has 1 atom stereocenters. The quantitative estimate of drug-likeness (QED) is 0.217. The predicted molar refractivity (Wildman–Crippen MR) is 153 cm³/mol. The Balaban J connectivity index is 1.81. The number of hydrogen-bond acceptors (Lipinski definition) is 5. The summed E-state index contributed by atoms with van der Waals surface area (Å²) in [6.45, 7) is 14.2. The number of benzene rings is 3. The molecule has 3 aromatic rings. The van der Waals surface area contributed by atoms with Crippen LogP contribution in [0.2, 0.25) is 0 Å². The van der Waals surface area contributed by atoms with Gasteiger partial charge in [0.1, 0.15) is 22.9 Å². The second-order valence-electron chi connectivity index (χ2n) is 12.2. The summed E-state index contributed by atoms with van der Waals surface area (Å²) in [5.41, 5.74) is 3.27. The van der Waals surface area contributed by atoms with Crippen molar-refractivity contribution in [1.29, 1.82) is 0 Å². The van der Waals surface area contributed by atoms with Gasteiger partial charge in [-0.3, -0.25) is 9.59 Å². The minimum Gasteiger partial charge on any atom is -0.508 e. The summed E-state index contributed by atoms with van der Waals surface area (Å²) in [6.07, 6.45) is 0. The van der Waals surface area contributed by atoms with E-state index in [1.165, 1.54) is 17.0 Å². The molecule has 0 aromatic heterocycles. The van der Waals surface area contributed by atoms with Gasteiger partial charge >= 0.3 is 0 Å². The van der Waals surface area contributed by atoms with Gasteiger partial charge in [0.05, 0.1) is 11.6 Å². The van der Waals surface area contributed by atoms with E-state index in [2.05, 4.69) is 20.8 Å². The van der Waals surface area contributed by atoms with E-state index in [1.807, 2.05) is 70.2 Å². The fourth-order valence-corrected chi connectivity index (χ4v) is 4.75. The van der Waals surface area contributed by atoms with Crippen molar-refractivity contribution >= 4 is 17.4 Å². The van der Waals surface area contributed by atoms with Crippen LogP contribution in [-0.2, 0) is 21.5 Å². The Kier molecular flexibility index (Phi) is 7.35. The van der Waals surface area contributed by atoms with Crippen molar-refractivity contribution in [3.05, 3.63) is 100 Å². The number of carbonyl (C=O) groups is 2. The maximum Gasteiger partial charge on any atom is 0.295 e. The average Bonchev–Trinajstić information content (AvgIpc) is 3.09. The third-order valence-electron chi connectivity index (χ3n) is 6.81. The molecule has 1 unspecified atom stereocenters. The molecule has 39 heavy (non-hydrogen) atoms. The molecule has 204 valence electrons. The van der Waals surface area contributed by atoms with Crippen LogP contribution < -0.4 is 4.74 Å². The normalized spacial score (nSPS) is 17.5. The maximum atomic E-state index is 13.5. The van der Waals surface area contributed by atoms with Gasteiger partial charge in [-0.25, -0.2) is 0 Å². The third kappa shape index (κ3) is 6.00. The summed E-state index contributed by atoms with van der Waals surface area (Å²) in [5, 5.41) is 21.5. The summed E-state index contributed by atoms with van der Waals surface area (Å²) in [7, 11) is 0. The number of aliphatic hydroxyl groups is 1. The lowest BCUT2D eigenvalue weighted by molar-refractivity contribution is -0.140. The number of phenols is 1. The molecule has 4 rings (SSSR count). The molecule has 1 fully saturated rings. The van der Waals surface area contributed by atoms with E-state index < -0.39 is 17.7 Å². The van der Waals surface area contributed by atoms with Crippen molar-refractivity contribution in [1.82, 2.24) is 4.90 Å². The number of ketones is 1. The van der Waals surface area contributed by atoms with E-state index in [1.54, 1.807) is 12.1 Å². The van der Waals surface area contributed by atoms with Gasteiger partial charge in [-0.1, -0.05) is 57.2 Å². The molecule has 6 nitrogen and oxygen atoms in total. The van der Waals surface area contributed by atoms with Gasteiger partial charge in [-0.2, -0.15) is 0 Å². The van der Waals surface area contributed by atoms with Crippen LogP contribution in [0.4, 0.5) is 0 Å². The maximum absolute atomic E-state index is 13.5. The number of aromatic hydroxyl groups is 1. The summed E-state index contributed by atoms with van der Waals surface area (Å²) in [5.74, 6) is -0.851. The fourth-order valence-electron chi connectivity index (χ4n) is 4.75. The Bertz CT molecular complexity index is 1420. The Morgan fingerprint density at radius 2 is 1.51 bits per heavy atom. The van der Waals surface area contributed by atoms with Crippen LogP contribution in [0.5, 0.6) is 11.5 Å².